The number of nitrogens with one attached hydrogen (secondary N) is 1. The topological polar surface area (TPSA) is 49.4 Å². The van der Waals surface area contributed by atoms with Crippen LogP contribution in [0.4, 0.5) is 0 Å². The van der Waals surface area contributed by atoms with Crippen LogP contribution in [-0.4, -0.2) is 36.3 Å². The molecule has 4 heteroatoms. The van der Waals surface area contributed by atoms with Gasteiger partial charge in [0.2, 0.25) is 11.8 Å². The summed E-state index contributed by atoms with van der Waals surface area (Å²) in [7, 11) is 0. The number of carbonyl (C=O) groups is 2. The van der Waals surface area contributed by atoms with Gasteiger partial charge in [0, 0.05) is 25.6 Å². The molecule has 4 rings (SSSR count). The third kappa shape index (κ3) is 4.18. The zero-order valence-electron chi connectivity index (χ0n) is 17.7. The molecule has 1 heterocycles. The highest BCUT2D eigenvalue weighted by Gasteiger charge is 2.48. The normalized spacial score (nSPS) is 20.8. The molecule has 1 unspecified atom stereocenters. The molecule has 0 bridgehead atoms. The molecule has 2 aromatic carbocycles. The predicted molar refractivity (Wildman–Crippen MR) is 120 cm³/mol. The van der Waals surface area contributed by atoms with Gasteiger partial charge >= 0.3 is 0 Å². The summed E-state index contributed by atoms with van der Waals surface area (Å²) in [4.78, 5) is 27.9. The van der Waals surface area contributed by atoms with E-state index in [1.54, 1.807) is 6.08 Å². The van der Waals surface area contributed by atoms with Gasteiger partial charge in [0.05, 0.1) is 5.41 Å². The standard InChI is InChI=1S/C26H30N2O2/c1-3-14-27-25(30)26(13-15-28(18-26)24(29)20-11-12-20)17-22-8-4-5-10-23(22)21-9-6-7-19(2)16-21/h3-10,16,20H,1,11-15,17-18H2,2H3,(H,27,30). The summed E-state index contributed by atoms with van der Waals surface area (Å²) in [5.41, 5.74) is 4.08. The van der Waals surface area contributed by atoms with Crippen LogP contribution >= 0.6 is 0 Å². The number of benzene rings is 2. The minimum Gasteiger partial charge on any atom is -0.352 e. The van der Waals surface area contributed by atoms with Crippen LogP contribution in [0.2, 0.25) is 0 Å². The van der Waals surface area contributed by atoms with Gasteiger partial charge < -0.3 is 10.2 Å². The Kier molecular flexibility index (Phi) is 5.76. The Morgan fingerprint density at radius 2 is 2.00 bits per heavy atom. The van der Waals surface area contributed by atoms with E-state index in [4.69, 9.17) is 0 Å². The summed E-state index contributed by atoms with van der Waals surface area (Å²) < 4.78 is 0. The van der Waals surface area contributed by atoms with E-state index in [0.717, 1.165) is 29.5 Å². The zero-order valence-corrected chi connectivity index (χ0v) is 17.7. The van der Waals surface area contributed by atoms with Crippen molar-refractivity contribution in [2.75, 3.05) is 19.6 Å². The summed E-state index contributed by atoms with van der Waals surface area (Å²) >= 11 is 0. The van der Waals surface area contributed by atoms with Crippen molar-refractivity contribution < 1.29 is 9.59 Å². The lowest BCUT2D eigenvalue weighted by atomic mass is 9.78. The summed E-state index contributed by atoms with van der Waals surface area (Å²) in [6, 6.07) is 16.8. The van der Waals surface area contributed by atoms with Crippen molar-refractivity contribution in [1.29, 1.82) is 0 Å². The summed E-state index contributed by atoms with van der Waals surface area (Å²) in [6.45, 7) is 7.41. The Hall–Kier alpha value is -2.88. The van der Waals surface area contributed by atoms with Gasteiger partial charge in [-0.25, -0.2) is 0 Å². The number of nitrogens with zero attached hydrogens (tertiary/aromatic N) is 1. The summed E-state index contributed by atoms with van der Waals surface area (Å²) in [5.74, 6) is 0.421. The molecular formula is C26H30N2O2. The second-order valence-corrected chi connectivity index (χ2v) is 8.77. The van der Waals surface area contributed by atoms with Gasteiger partial charge in [-0.05, 0) is 49.3 Å². The minimum absolute atomic E-state index is 0.0209. The highest BCUT2D eigenvalue weighted by molar-refractivity contribution is 5.87. The van der Waals surface area contributed by atoms with E-state index in [1.807, 2.05) is 17.0 Å². The monoisotopic (exact) mass is 402 g/mol. The van der Waals surface area contributed by atoms with E-state index in [0.29, 0.717) is 32.5 Å². The Balaban J connectivity index is 1.65. The minimum atomic E-state index is -0.604. The molecule has 30 heavy (non-hydrogen) atoms. The Morgan fingerprint density at radius 3 is 2.73 bits per heavy atom. The number of rotatable bonds is 7. The molecule has 0 radical (unpaired) electrons. The summed E-state index contributed by atoms with van der Waals surface area (Å²) in [6.07, 6.45) is 4.99. The van der Waals surface area contributed by atoms with E-state index in [1.165, 1.54) is 5.56 Å². The zero-order chi connectivity index (χ0) is 21.1. The van der Waals surface area contributed by atoms with Gasteiger partial charge in [0.15, 0.2) is 0 Å². The lowest BCUT2D eigenvalue weighted by Crippen LogP contribution is -2.45. The molecule has 1 N–H and O–H groups in total. The van der Waals surface area contributed by atoms with Crippen LogP contribution in [0.3, 0.4) is 0 Å². The molecular weight excluding hydrogens is 372 g/mol. The first kappa shape index (κ1) is 20.4. The molecule has 2 amide bonds. The second-order valence-electron chi connectivity index (χ2n) is 8.77. The lowest BCUT2D eigenvalue weighted by molar-refractivity contribution is -0.134. The number of amides is 2. The first-order valence-corrected chi connectivity index (χ1v) is 10.9. The van der Waals surface area contributed by atoms with Crippen molar-refractivity contribution in [1.82, 2.24) is 10.2 Å². The first-order valence-electron chi connectivity index (χ1n) is 10.9. The van der Waals surface area contributed by atoms with Gasteiger partial charge in [-0.3, -0.25) is 9.59 Å². The van der Waals surface area contributed by atoms with Gasteiger partial charge in [0.1, 0.15) is 0 Å². The van der Waals surface area contributed by atoms with E-state index in [-0.39, 0.29) is 17.7 Å². The second kappa shape index (κ2) is 8.47. The van der Waals surface area contributed by atoms with Gasteiger partial charge in [-0.2, -0.15) is 0 Å². The number of hydrogen-bond donors (Lipinski definition) is 1. The fourth-order valence-corrected chi connectivity index (χ4v) is 4.54. The van der Waals surface area contributed by atoms with E-state index >= 15 is 0 Å². The quantitative estimate of drug-likeness (QED) is 0.708. The Bertz CT molecular complexity index is 963. The van der Waals surface area contributed by atoms with Crippen LogP contribution in [0.5, 0.6) is 0 Å². The maximum Gasteiger partial charge on any atom is 0.228 e. The van der Waals surface area contributed by atoms with Crippen molar-refractivity contribution in [3.63, 3.8) is 0 Å². The summed E-state index contributed by atoms with van der Waals surface area (Å²) in [5, 5.41) is 3.01. The van der Waals surface area contributed by atoms with E-state index < -0.39 is 5.41 Å². The van der Waals surface area contributed by atoms with Crippen molar-refractivity contribution >= 4 is 11.8 Å². The number of carbonyl (C=O) groups excluding carboxylic acids is 2. The maximum absolute atomic E-state index is 13.3. The molecule has 0 aromatic heterocycles. The van der Waals surface area contributed by atoms with Crippen molar-refractivity contribution in [2.24, 2.45) is 11.3 Å². The van der Waals surface area contributed by atoms with Crippen LogP contribution in [-0.2, 0) is 16.0 Å². The smallest absolute Gasteiger partial charge is 0.228 e. The van der Waals surface area contributed by atoms with Gasteiger partial charge in [0.25, 0.3) is 0 Å². The molecule has 2 fully saturated rings. The average molecular weight is 403 g/mol. The highest BCUT2D eigenvalue weighted by atomic mass is 16.2. The fourth-order valence-electron chi connectivity index (χ4n) is 4.54. The van der Waals surface area contributed by atoms with Crippen LogP contribution < -0.4 is 5.32 Å². The molecule has 4 nitrogen and oxygen atoms in total. The van der Waals surface area contributed by atoms with Crippen LogP contribution in [0.15, 0.2) is 61.2 Å². The molecule has 1 saturated carbocycles. The van der Waals surface area contributed by atoms with Gasteiger partial charge in [-0.15, -0.1) is 6.58 Å². The number of likely N-dealkylation sites (tertiary alicyclic amines) is 1. The Morgan fingerprint density at radius 1 is 1.20 bits per heavy atom. The van der Waals surface area contributed by atoms with E-state index in [2.05, 4.69) is 55.2 Å². The maximum atomic E-state index is 13.3. The fraction of sp³-hybridized carbons (Fsp3) is 0.385. The Labute approximate surface area is 179 Å². The molecule has 2 aromatic rings. The molecule has 2 aliphatic rings. The van der Waals surface area contributed by atoms with Crippen molar-refractivity contribution in [2.45, 2.75) is 32.6 Å². The third-order valence-electron chi connectivity index (χ3n) is 6.36. The van der Waals surface area contributed by atoms with Crippen LogP contribution in [0.1, 0.15) is 30.4 Å². The molecule has 1 aliphatic heterocycles. The molecule has 1 atom stereocenters. The third-order valence-corrected chi connectivity index (χ3v) is 6.36. The number of hydrogen-bond acceptors (Lipinski definition) is 2. The SMILES string of the molecule is C=CCNC(=O)C1(Cc2ccccc2-c2cccc(C)c2)CCN(C(=O)C2CC2)C1. The average Bonchev–Trinajstić information content (AvgIpc) is 3.52. The molecule has 1 saturated heterocycles. The van der Waals surface area contributed by atoms with Crippen LogP contribution in [0.25, 0.3) is 11.1 Å². The van der Waals surface area contributed by atoms with Crippen molar-refractivity contribution in [3.05, 3.63) is 72.3 Å². The number of aryl methyl sites for hydroxylation is 1. The lowest BCUT2D eigenvalue weighted by Gasteiger charge is -2.29. The van der Waals surface area contributed by atoms with Gasteiger partial charge in [-0.1, -0.05) is 60.2 Å². The predicted octanol–water partition coefficient (Wildman–Crippen LogP) is 4.14. The highest BCUT2D eigenvalue weighted by Crippen LogP contribution is 2.40. The van der Waals surface area contributed by atoms with Crippen molar-refractivity contribution in [3.8, 4) is 11.1 Å². The van der Waals surface area contributed by atoms with E-state index in [9.17, 15) is 9.59 Å². The largest absolute Gasteiger partial charge is 0.352 e. The molecule has 1 aliphatic carbocycles. The molecule has 0 spiro atoms. The first-order chi connectivity index (χ1) is 14.5. The van der Waals surface area contributed by atoms with Crippen LogP contribution in [0, 0.1) is 18.3 Å². The molecule has 156 valence electrons.